The van der Waals surface area contributed by atoms with Gasteiger partial charge in [-0.25, -0.2) is 9.59 Å². The maximum Gasteiger partial charge on any atom is 0.338 e. The van der Waals surface area contributed by atoms with Crippen molar-refractivity contribution in [2.75, 3.05) is 13.7 Å². The van der Waals surface area contributed by atoms with Gasteiger partial charge < -0.3 is 14.5 Å². The highest BCUT2D eigenvalue weighted by atomic mass is 16.5. The molecule has 2 aromatic rings. The van der Waals surface area contributed by atoms with Crippen molar-refractivity contribution in [1.29, 1.82) is 0 Å². The van der Waals surface area contributed by atoms with E-state index in [1.807, 2.05) is 0 Å². The number of esters is 2. The standard InChI is InChI=1S/C15H13NO5/c1-20-14(18)10-4-6-11(7-5-10)15(19)21-9-13(17)12-3-2-8-16-12/h2-8,16H,9H2,1H3. The number of benzene rings is 1. The van der Waals surface area contributed by atoms with Gasteiger partial charge in [0.25, 0.3) is 0 Å². The topological polar surface area (TPSA) is 85.5 Å². The summed E-state index contributed by atoms with van der Waals surface area (Å²) in [5.74, 6) is -1.44. The second-order valence-electron chi connectivity index (χ2n) is 4.15. The summed E-state index contributed by atoms with van der Waals surface area (Å²) in [5.41, 5.74) is 0.960. The molecule has 0 aliphatic rings. The van der Waals surface area contributed by atoms with Crippen molar-refractivity contribution in [2.24, 2.45) is 0 Å². The van der Waals surface area contributed by atoms with E-state index in [0.717, 1.165) is 0 Å². The smallest absolute Gasteiger partial charge is 0.338 e. The Morgan fingerprint density at radius 3 is 2.14 bits per heavy atom. The minimum atomic E-state index is -0.633. The number of ether oxygens (including phenoxy) is 2. The van der Waals surface area contributed by atoms with Gasteiger partial charge in [-0.1, -0.05) is 0 Å². The lowest BCUT2D eigenvalue weighted by atomic mass is 10.1. The average Bonchev–Trinajstić information content (AvgIpc) is 3.06. The molecule has 1 aromatic carbocycles. The number of ketones is 1. The van der Waals surface area contributed by atoms with Crippen molar-refractivity contribution in [3.05, 3.63) is 59.4 Å². The van der Waals surface area contributed by atoms with Crippen LogP contribution >= 0.6 is 0 Å². The molecular formula is C15H13NO5. The fourth-order valence-electron chi connectivity index (χ4n) is 1.66. The fraction of sp³-hybridized carbons (Fsp3) is 0.133. The van der Waals surface area contributed by atoms with E-state index in [0.29, 0.717) is 11.3 Å². The van der Waals surface area contributed by atoms with Crippen LogP contribution in [0.15, 0.2) is 42.6 Å². The summed E-state index contributed by atoms with van der Waals surface area (Å²) >= 11 is 0. The summed E-state index contributed by atoms with van der Waals surface area (Å²) in [6, 6.07) is 9.06. The summed E-state index contributed by atoms with van der Waals surface area (Å²) in [5, 5.41) is 0. The van der Waals surface area contributed by atoms with Gasteiger partial charge >= 0.3 is 11.9 Å². The lowest BCUT2D eigenvalue weighted by molar-refractivity contribution is 0.0473. The van der Waals surface area contributed by atoms with E-state index in [2.05, 4.69) is 9.72 Å². The highest BCUT2D eigenvalue weighted by Crippen LogP contribution is 2.07. The lowest BCUT2D eigenvalue weighted by Gasteiger charge is -2.04. The molecule has 6 heteroatoms. The Bertz CT molecular complexity index is 643. The quantitative estimate of drug-likeness (QED) is 0.670. The SMILES string of the molecule is COC(=O)c1ccc(C(=O)OCC(=O)c2ccc[nH]2)cc1. The molecule has 0 aliphatic heterocycles. The first kappa shape index (κ1) is 14.5. The van der Waals surface area contributed by atoms with Crippen LogP contribution in [-0.2, 0) is 9.47 Å². The monoisotopic (exact) mass is 287 g/mol. The molecule has 0 radical (unpaired) electrons. The molecule has 0 amide bonds. The van der Waals surface area contributed by atoms with Crippen LogP contribution in [0.1, 0.15) is 31.2 Å². The minimum Gasteiger partial charge on any atom is -0.465 e. The molecule has 2 rings (SSSR count). The van der Waals surface area contributed by atoms with Gasteiger partial charge in [-0.15, -0.1) is 0 Å². The predicted octanol–water partition coefficient (Wildman–Crippen LogP) is 1.84. The number of aromatic nitrogens is 1. The molecule has 0 bridgehead atoms. The van der Waals surface area contributed by atoms with Crippen molar-refractivity contribution in [1.82, 2.24) is 4.98 Å². The Labute approximate surface area is 120 Å². The Morgan fingerprint density at radius 1 is 1.00 bits per heavy atom. The van der Waals surface area contributed by atoms with E-state index in [1.165, 1.54) is 31.4 Å². The summed E-state index contributed by atoms with van der Waals surface area (Å²) in [7, 11) is 1.27. The number of nitrogens with one attached hydrogen (secondary N) is 1. The normalized spacial score (nSPS) is 9.95. The Morgan fingerprint density at radius 2 is 1.62 bits per heavy atom. The number of aromatic amines is 1. The number of H-pyrrole nitrogens is 1. The summed E-state index contributed by atoms with van der Waals surface area (Å²) < 4.78 is 9.47. The molecule has 0 unspecified atom stereocenters. The van der Waals surface area contributed by atoms with Crippen LogP contribution in [0.25, 0.3) is 0 Å². The summed E-state index contributed by atoms with van der Waals surface area (Å²) in [6.07, 6.45) is 1.61. The molecule has 0 saturated carbocycles. The number of carbonyl (C=O) groups excluding carboxylic acids is 3. The second kappa shape index (κ2) is 6.51. The number of carbonyl (C=O) groups is 3. The molecule has 1 aromatic heterocycles. The van der Waals surface area contributed by atoms with Crippen LogP contribution in [0.5, 0.6) is 0 Å². The first-order valence-corrected chi connectivity index (χ1v) is 6.14. The van der Waals surface area contributed by atoms with E-state index in [-0.39, 0.29) is 18.0 Å². The number of methoxy groups -OCH3 is 1. The van der Waals surface area contributed by atoms with Crippen molar-refractivity contribution >= 4 is 17.7 Å². The van der Waals surface area contributed by atoms with Crippen LogP contribution in [0.2, 0.25) is 0 Å². The lowest BCUT2D eigenvalue weighted by Crippen LogP contribution is -2.14. The van der Waals surface area contributed by atoms with Crippen LogP contribution in [0, 0.1) is 0 Å². The van der Waals surface area contributed by atoms with Crippen LogP contribution in [0.3, 0.4) is 0 Å². The van der Waals surface area contributed by atoms with Gasteiger partial charge in [0.05, 0.1) is 23.9 Å². The minimum absolute atomic E-state index is 0.252. The van der Waals surface area contributed by atoms with Crippen molar-refractivity contribution in [3.63, 3.8) is 0 Å². The first-order valence-electron chi connectivity index (χ1n) is 6.14. The first-order chi connectivity index (χ1) is 10.1. The Kier molecular flexibility index (Phi) is 4.50. The van der Waals surface area contributed by atoms with Crippen LogP contribution in [-0.4, -0.2) is 36.4 Å². The maximum absolute atomic E-state index is 11.8. The van der Waals surface area contributed by atoms with Crippen LogP contribution < -0.4 is 0 Å². The number of hydrogen-bond donors (Lipinski definition) is 1. The van der Waals surface area contributed by atoms with E-state index in [9.17, 15) is 14.4 Å². The average molecular weight is 287 g/mol. The van der Waals surface area contributed by atoms with Crippen molar-refractivity contribution < 1.29 is 23.9 Å². The molecule has 1 heterocycles. The fourth-order valence-corrected chi connectivity index (χ4v) is 1.66. The van der Waals surface area contributed by atoms with E-state index < -0.39 is 11.9 Å². The number of rotatable bonds is 5. The number of Topliss-reactive ketones (excluding diaryl/α,β-unsaturated/α-hetero) is 1. The van der Waals surface area contributed by atoms with Crippen molar-refractivity contribution in [2.45, 2.75) is 0 Å². The molecule has 1 N–H and O–H groups in total. The van der Waals surface area contributed by atoms with E-state index in [4.69, 9.17) is 4.74 Å². The Hall–Kier alpha value is -2.89. The third-order valence-electron chi connectivity index (χ3n) is 2.77. The van der Waals surface area contributed by atoms with Gasteiger partial charge in [-0.3, -0.25) is 4.79 Å². The van der Waals surface area contributed by atoms with Crippen molar-refractivity contribution in [3.8, 4) is 0 Å². The summed E-state index contributed by atoms with van der Waals surface area (Å²) in [4.78, 5) is 37.4. The zero-order valence-electron chi connectivity index (χ0n) is 11.3. The molecule has 108 valence electrons. The zero-order chi connectivity index (χ0) is 15.2. The van der Waals surface area contributed by atoms with E-state index >= 15 is 0 Å². The van der Waals surface area contributed by atoms with Crippen LogP contribution in [0.4, 0.5) is 0 Å². The largest absolute Gasteiger partial charge is 0.465 e. The van der Waals surface area contributed by atoms with Gasteiger partial charge in [0.15, 0.2) is 6.61 Å². The molecule has 0 atom stereocenters. The van der Waals surface area contributed by atoms with Gasteiger partial charge in [0, 0.05) is 6.20 Å². The molecule has 0 spiro atoms. The highest BCUT2D eigenvalue weighted by Gasteiger charge is 2.13. The summed E-state index contributed by atoms with van der Waals surface area (Å²) in [6.45, 7) is -0.349. The van der Waals surface area contributed by atoms with E-state index in [1.54, 1.807) is 18.3 Å². The molecule has 21 heavy (non-hydrogen) atoms. The van der Waals surface area contributed by atoms with Gasteiger partial charge in [-0.2, -0.15) is 0 Å². The Balaban J connectivity index is 1.94. The number of hydrogen-bond acceptors (Lipinski definition) is 5. The van der Waals surface area contributed by atoms with Gasteiger partial charge in [0.2, 0.25) is 5.78 Å². The third kappa shape index (κ3) is 3.56. The molecule has 6 nitrogen and oxygen atoms in total. The molecule has 0 aliphatic carbocycles. The molecule has 0 saturated heterocycles. The zero-order valence-corrected chi connectivity index (χ0v) is 11.3. The maximum atomic E-state index is 11.8. The van der Waals surface area contributed by atoms with Gasteiger partial charge in [-0.05, 0) is 36.4 Å². The molecular weight excluding hydrogens is 274 g/mol. The molecule has 0 fully saturated rings. The second-order valence-corrected chi connectivity index (χ2v) is 4.15. The highest BCUT2D eigenvalue weighted by molar-refractivity contribution is 5.98. The van der Waals surface area contributed by atoms with Gasteiger partial charge in [0.1, 0.15) is 0 Å². The third-order valence-corrected chi connectivity index (χ3v) is 2.77. The predicted molar refractivity (Wildman–Crippen MR) is 73.2 cm³/mol.